The van der Waals surface area contributed by atoms with Gasteiger partial charge in [-0.3, -0.25) is 14.5 Å². The number of hydrogen-bond donors (Lipinski definition) is 0. The molecule has 2 amide bonds. The summed E-state index contributed by atoms with van der Waals surface area (Å²) in [5.41, 5.74) is 0.717. The monoisotopic (exact) mass is 239 g/mol. The standard InChI is InChI=1S/C10H10ClN3O2/c1-6-4-7(11)13-8(12-6)5-14-9(15)2-3-10(14)16/h4H,2-3,5H2,1H3. The third kappa shape index (κ3) is 2.19. The third-order valence-corrected chi connectivity index (χ3v) is 2.52. The second kappa shape index (κ2) is 4.17. The van der Waals surface area contributed by atoms with Gasteiger partial charge in [-0.1, -0.05) is 11.6 Å². The summed E-state index contributed by atoms with van der Waals surface area (Å²) in [6, 6.07) is 1.62. The Balaban J connectivity index is 2.20. The van der Waals surface area contributed by atoms with Gasteiger partial charge in [0.2, 0.25) is 11.8 Å². The molecular weight excluding hydrogens is 230 g/mol. The lowest BCUT2D eigenvalue weighted by molar-refractivity contribution is -0.139. The molecule has 0 radical (unpaired) electrons. The van der Waals surface area contributed by atoms with Crippen molar-refractivity contribution in [3.63, 3.8) is 0 Å². The van der Waals surface area contributed by atoms with Crippen molar-refractivity contribution in [3.8, 4) is 0 Å². The van der Waals surface area contributed by atoms with E-state index >= 15 is 0 Å². The van der Waals surface area contributed by atoms with Crippen LogP contribution in [0.4, 0.5) is 0 Å². The zero-order chi connectivity index (χ0) is 11.7. The van der Waals surface area contributed by atoms with Crippen LogP contribution in [-0.2, 0) is 16.1 Å². The van der Waals surface area contributed by atoms with Gasteiger partial charge in [0.25, 0.3) is 0 Å². The predicted molar refractivity (Wildman–Crippen MR) is 56.6 cm³/mol. The molecule has 0 aliphatic carbocycles. The van der Waals surface area contributed by atoms with E-state index in [-0.39, 0.29) is 31.2 Å². The van der Waals surface area contributed by atoms with Crippen LogP contribution in [0, 0.1) is 6.92 Å². The minimum Gasteiger partial charge on any atom is -0.275 e. The summed E-state index contributed by atoms with van der Waals surface area (Å²) in [5.74, 6) is 0.0473. The molecule has 0 spiro atoms. The number of carbonyl (C=O) groups is 2. The third-order valence-electron chi connectivity index (χ3n) is 2.32. The number of likely N-dealkylation sites (tertiary alicyclic amines) is 1. The normalized spacial score (nSPS) is 16.0. The average molecular weight is 240 g/mol. The Hall–Kier alpha value is -1.49. The fourth-order valence-electron chi connectivity index (χ4n) is 1.60. The number of halogens is 1. The molecule has 0 saturated carbocycles. The van der Waals surface area contributed by atoms with Crippen molar-refractivity contribution in [2.24, 2.45) is 0 Å². The van der Waals surface area contributed by atoms with Crippen LogP contribution in [-0.4, -0.2) is 26.7 Å². The quantitative estimate of drug-likeness (QED) is 0.573. The molecule has 1 saturated heterocycles. The first-order valence-corrected chi connectivity index (χ1v) is 5.27. The Morgan fingerprint density at radius 3 is 2.50 bits per heavy atom. The fraction of sp³-hybridized carbons (Fsp3) is 0.400. The first-order chi connectivity index (χ1) is 7.56. The maximum Gasteiger partial charge on any atom is 0.230 e. The van der Waals surface area contributed by atoms with Gasteiger partial charge in [-0.2, -0.15) is 0 Å². The molecule has 0 N–H and O–H groups in total. The number of nitrogens with zero attached hydrogens (tertiary/aromatic N) is 3. The van der Waals surface area contributed by atoms with Gasteiger partial charge >= 0.3 is 0 Å². The van der Waals surface area contributed by atoms with Crippen LogP contribution in [0.1, 0.15) is 24.4 Å². The lowest BCUT2D eigenvalue weighted by Crippen LogP contribution is -2.29. The number of amides is 2. The minimum atomic E-state index is -0.175. The first-order valence-electron chi connectivity index (χ1n) is 4.89. The van der Waals surface area contributed by atoms with Crippen molar-refractivity contribution in [2.75, 3.05) is 0 Å². The molecule has 1 aliphatic rings. The van der Waals surface area contributed by atoms with Crippen molar-refractivity contribution in [1.82, 2.24) is 14.9 Å². The maximum absolute atomic E-state index is 11.4. The van der Waals surface area contributed by atoms with Gasteiger partial charge in [0.15, 0.2) is 0 Å². The molecule has 84 valence electrons. The van der Waals surface area contributed by atoms with E-state index in [1.54, 1.807) is 13.0 Å². The molecule has 16 heavy (non-hydrogen) atoms. The van der Waals surface area contributed by atoms with E-state index < -0.39 is 0 Å². The molecule has 0 atom stereocenters. The summed E-state index contributed by atoms with van der Waals surface area (Å²) in [4.78, 5) is 32.0. The van der Waals surface area contributed by atoms with Crippen molar-refractivity contribution in [1.29, 1.82) is 0 Å². The first kappa shape index (κ1) is 11.0. The second-order valence-electron chi connectivity index (χ2n) is 3.62. The van der Waals surface area contributed by atoms with Crippen LogP contribution >= 0.6 is 11.6 Å². The summed E-state index contributed by atoms with van der Waals surface area (Å²) in [6.07, 6.45) is 0.552. The van der Waals surface area contributed by atoms with Gasteiger partial charge in [0.1, 0.15) is 11.0 Å². The summed E-state index contributed by atoms with van der Waals surface area (Å²) < 4.78 is 0. The number of aromatic nitrogens is 2. The molecule has 1 aromatic heterocycles. The second-order valence-corrected chi connectivity index (χ2v) is 4.01. The van der Waals surface area contributed by atoms with Crippen LogP contribution < -0.4 is 0 Å². The van der Waals surface area contributed by atoms with Gasteiger partial charge in [0.05, 0.1) is 6.54 Å². The van der Waals surface area contributed by atoms with Gasteiger partial charge in [-0.05, 0) is 13.0 Å². The smallest absolute Gasteiger partial charge is 0.230 e. The predicted octanol–water partition coefficient (Wildman–Crippen LogP) is 1.09. The highest BCUT2D eigenvalue weighted by Gasteiger charge is 2.29. The summed E-state index contributed by atoms with van der Waals surface area (Å²) >= 11 is 5.77. The average Bonchev–Trinajstić information content (AvgIpc) is 2.48. The molecule has 1 aliphatic heterocycles. The van der Waals surface area contributed by atoms with Crippen molar-refractivity contribution in [2.45, 2.75) is 26.3 Å². The van der Waals surface area contributed by atoms with Crippen LogP contribution in [0.5, 0.6) is 0 Å². The van der Waals surface area contributed by atoms with Crippen LogP contribution in [0.2, 0.25) is 5.15 Å². The van der Waals surface area contributed by atoms with Crippen LogP contribution in [0.25, 0.3) is 0 Å². The summed E-state index contributed by atoms with van der Waals surface area (Å²) in [6.45, 7) is 1.89. The maximum atomic E-state index is 11.4. The van der Waals surface area contributed by atoms with Gasteiger partial charge < -0.3 is 0 Å². The van der Waals surface area contributed by atoms with Crippen molar-refractivity contribution >= 4 is 23.4 Å². The Labute approximate surface area is 97.4 Å². The Bertz CT molecular complexity index is 425. The van der Waals surface area contributed by atoms with Crippen LogP contribution in [0.3, 0.4) is 0 Å². The molecule has 0 unspecified atom stereocenters. The highest BCUT2D eigenvalue weighted by molar-refractivity contribution is 6.29. The Morgan fingerprint density at radius 2 is 1.94 bits per heavy atom. The van der Waals surface area contributed by atoms with E-state index in [2.05, 4.69) is 9.97 Å². The number of carbonyl (C=O) groups excluding carboxylic acids is 2. The molecule has 2 heterocycles. The van der Waals surface area contributed by atoms with E-state index in [1.807, 2.05) is 0 Å². The minimum absolute atomic E-state index is 0.110. The van der Waals surface area contributed by atoms with E-state index in [4.69, 9.17) is 11.6 Å². The van der Waals surface area contributed by atoms with Crippen molar-refractivity contribution < 1.29 is 9.59 Å². The molecule has 1 aromatic rings. The van der Waals surface area contributed by atoms with Gasteiger partial charge in [0, 0.05) is 18.5 Å². The number of imide groups is 1. The highest BCUT2D eigenvalue weighted by atomic mass is 35.5. The van der Waals surface area contributed by atoms with E-state index in [1.165, 1.54) is 4.90 Å². The SMILES string of the molecule is Cc1cc(Cl)nc(CN2C(=O)CCC2=O)n1. The van der Waals surface area contributed by atoms with Crippen molar-refractivity contribution in [3.05, 3.63) is 22.7 Å². The number of aryl methyl sites for hydroxylation is 1. The molecule has 1 fully saturated rings. The molecule has 5 nitrogen and oxygen atoms in total. The molecule has 2 rings (SSSR count). The molecular formula is C10H10ClN3O2. The van der Waals surface area contributed by atoms with Crippen LogP contribution in [0.15, 0.2) is 6.07 Å². The van der Waals surface area contributed by atoms with Gasteiger partial charge in [-0.15, -0.1) is 0 Å². The topological polar surface area (TPSA) is 63.2 Å². The fourth-order valence-corrected chi connectivity index (χ4v) is 1.86. The number of hydrogen-bond acceptors (Lipinski definition) is 4. The zero-order valence-corrected chi connectivity index (χ0v) is 9.49. The summed E-state index contributed by atoms with van der Waals surface area (Å²) in [5, 5.41) is 0.321. The van der Waals surface area contributed by atoms with E-state index in [0.29, 0.717) is 16.7 Å². The zero-order valence-electron chi connectivity index (χ0n) is 8.73. The number of rotatable bonds is 2. The Morgan fingerprint density at radius 1 is 1.31 bits per heavy atom. The lowest BCUT2D eigenvalue weighted by Gasteiger charge is -2.12. The molecule has 0 bridgehead atoms. The largest absolute Gasteiger partial charge is 0.275 e. The highest BCUT2D eigenvalue weighted by Crippen LogP contribution is 2.15. The lowest BCUT2D eigenvalue weighted by atomic mass is 10.4. The van der Waals surface area contributed by atoms with E-state index in [9.17, 15) is 9.59 Å². The van der Waals surface area contributed by atoms with E-state index in [0.717, 1.165) is 0 Å². The van der Waals surface area contributed by atoms with Gasteiger partial charge in [-0.25, -0.2) is 9.97 Å². The molecule has 0 aromatic carbocycles. The summed E-state index contributed by atoms with van der Waals surface area (Å²) in [7, 11) is 0. The molecule has 6 heteroatoms. The Kier molecular flexibility index (Phi) is 2.87.